The van der Waals surface area contributed by atoms with Gasteiger partial charge in [-0.05, 0) is 12.8 Å². The predicted octanol–water partition coefficient (Wildman–Crippen LogP) is 0.708. The van der Waals surface area contributed by atoms with Gasteiger partial charge in [0.15, 0.2) is 0 Å². The van der Waals surface area contributed by atoms with E-state index in [1.165, 1.54) is 0 Å². The number of nitrogens with zero attached hydrogens (tertiary/aromatic N) is 4. The molecule has 0 atom stereocenters. The molecule has 0 aromatic carbocycles. The first-order valence-electron chi connectivity index (χ1n) is 5.23. The number of aliphatic hydroxyl groups excluding tert-OH is 1. The number of rotatable bonds is 2. The number of aromatic nitrogens is 4. The van der Waals surface area contributed by atoms with Crippen LogP contribution in [0.4, 0.5) is 0 Å². The molecule has 2 aromatic rings. The lowest BCUT2D eigenvalue weighted by Crippen LogP contribution is -2.26. The van der Waals surface area contributed by atoms with Gasteiger partial charge in [-0.2, -0.15) is 10.1 Å². The Balaban J connectivity index is 1.82. The maximum absolute atomic E-state index is 9.20. The molecule has 1 fully saturated rings. The highest BCUT2D eigenvalue weighted by atomic mass is 16.5. The van der Waals surface area contributed by atoms with Crippen LogP contribution in [0, 0.1) is 0 Å². The summed E-state index contributed by atoms with van der Waals surface area (Å²) in [6.45, 7) is 0. The minimum Gasteiger partial charge on any atom is -0.393 e. The number of aliphatic hydroxyl groups is 1. The quantitative estimate of drug-likeness (QED) is 0.806. The van der Waals surface area contributed by atoms with Gasteiger partial charge in [-0.15, -0.1) is 0 Å². The molecule has 1 saturated carbocycles. The molecular formula is C10H12N4O2. The van der Waals surface area contributed by atoms with Gasteiger partial charge in [-0.1, -0.05) is 5.16 Å². The van der Waals surface area contributed by atoms with Crippen molar-refractivity contribution in [3.63, 3.8) is 0 Å². The third-order valence-electron chi connectivity index (χ3n) is 2.87. The predicted molar refractivity (Wildman–Crippen MR) is 54.5 cm³/mol. The molecule has 84 valence electrons. The molecule has 0 bridgehead atoms. The van der Waals surface area contributed by atoms with Gasteiger partial charge in [-0.3, -0.25) is 4.68 Å². The fourth-order valence-corrected chi connectivity index (χ4v) is 1.84. The van der Waals surface area contributed by atoms with Crippen molar-refractivity contribution in [3.05, 3.63) is 18.3 Å². The van der Waals surface area contributed by atoms with E-state index in [0.717, 1.165) is 5.56 Å². The van der Waals surface area contributed by atoms with Gasteiger partial charge >= 0.3 is 0 Å². The maximum Gasteiger partial charge on any atom is 0.230 e. The summed E-state index contributed by atoms with van der Waals surface area (Å²) in [5.41, 5.74) is 0.845. The van der Waals surface area contributed by atoms with Gasteiger partial charge < -0.3 is 9.63 Å². The second-order valence-electron chi connectivity index (χ2n) is 4.18. The second-order valence-corrected chi connectivity index (χ2v) is 4.18. The van der Waals surface area contributed by atoms with Crippen molar-refractivity contribution in [2.75, 3.05) is 0 Å². The van der Waals surface area contributed by atoms with Crippen LogP contribution in [0.15, 0.2) is 16.9 Å². The molecule has 0 amide bonds. The van der Waals surface area contributed by atoms with Crippen molar-refractivity contribution < 1.29 is 9.63 Å². The summed E-state index contributed by atoms with van der Waals surface area (Å²) >= 11 is 0. The zero-order valence-corrected chi connectivity index (χ0v) is 8.87. The highest BCUT2D eigenvalue weighted by Gasteiger charge is 2.33. The van der Waals surface area contributed by atoms with Crippen LogP contribution < -0.4 is 0 Å². The smallest absolute Gasteiger partial charge is 0.230 e. The Morgan fingerprint density at radius 2 is 2.31 bits per heavy atom. The van der Waals surface area contributed by atoms with E-state index < -0.39 is 0 Å². The minimum atomic E-state index is -0.209. The molecule has 0 unspecified atom stereocenters. The molecule has 3 rings (SSSR count). The van der Waals surface area contributed by atoms with E-state index in [-0.39, 0.29) is 12.0 Å². The Bertz CT molecular complexity index is 498. The highest BCUT2D eigenvalue weighted by molar-refractivity contribution is 5.51. The fourth-order valence-electron chi connectivity index (χ4n) is 1.84. The molecule has 0 radical (unpaired) electrons. The third-order valence-corrected chi connectivity index (χ3v) is 2.87. The van der Waals surface area contributed by atoms with Crippen LogP contribution in [0.25, 0.3) is 11.4 Å². The number of hydrogen-bond donors (Lipinski definition) is 1. The molecule has 0 saturated heterocycles. The molecular weight excluding hydrogens is 208 g/mol. The molecule has 6 heteroatoms. The zero-order valence-electron chi connectivity index (χ0n) is 8.87. The van der Waals surface area contributed by atoms with Gasteiger partial charge in [0.05, 0.1) is 17.9 Å². The van der Waals surface area contributed by atoms with Crippen molar-refractivity contribution in [1.29, 1.82) is 0 Å². The number of aryl methyl sites for hydroxylation is 1. The summed E-state index contributed by atoms with van der Waals surface area (Å²) in [6, 6.07) is 0. The SMILES string of the molecule is Cn1cc(-c2noc(C3CC(O)C3)n2)cn1. The van der Waals surface area contributed by atoms with E-state index >= 15 is 0 Å². The van der Waals surface area contributed by atoms with Gasteiger partial charge in [0.2, 0.25) is 11.7 Å². The monoisotopic (exact) mass is 220 g/mol. The van der Waals surface area contributed by atoms with E-state index in [1.54, 1.807) is 10.9 Å². The first kappa shape index (κ1) is 9.53. The molecule has 0 aliphatic heterocycles. The molecule has 1 N–H and O–H groups in total. The molecule has 2 aromatic heterocycles. The Morgan fingerprint density at radius 3 is 2.94 bits per heavy atom. The number of hydrogen-bond acceptors (Lipinski definition) is 5. The van der Waals surface area contributed by atoms with Gasteiger partial charge in [0, 0.05) is 19.2 Å². The van der Waals surface area contributed by atoms with E-state index in [0.29, 0.717) is 24.6 Å². The molecule has 0 spiro atoms. The lowest BCUT2D eigenvalue weighted by Gasteiger charge is -2.27. The highest BCUT2D eigenvalue weighted by Crippen LogP contribution is 2.36. The average Bonchev–Trinajstić information content (AvgIpc) is 2.81. The largest absolute Gasteiger partial charge is 0.393 e. The van der Waals surface area contributed by atoms with Crippen LogP contribution in [-0.4, -0.2) is 31.1 Å². The van der Waals surface area contributed by atoms with Crippen molar-refractivity contribution in [1.82, 2.24) is 19.9 Å². The van der Waals surface area contributed by atoms with E-state index in [9.17, 15) is 5.11 Å². The summed E-state index contributed by atoms with van der Waals surface area (Å²) in [6.07, 6.45) is 4.76. The first-order chi connectivity index (χ1) is 7.72. The van der Waals surface area contributed by atoms with E-state index in [2.05, 4.69) is 15.2 Å². The Kier molecular flexibility index (Phi) is 2.03. The zero-order chi connectivity index (χ0) is 11.1. The Morgan fingerprint density at radius 1 is 1.50 bits per heavy atom. The maximum atomic E-state index is 9.20. The second kappa shape index (κ2) is 3.41. The topological polar surface area (TPSA) is 77.0 Å². The lowest BCUT2D eigenvalue weighted by molar-refractivity contribution is 0.0625. The molecule has 6 nitrogen and oxygen atoms in total. The van der Waals surface area contributed by atoms with E-state index in [4.69, 9.17) is 4.52 Å². The normalized spacial score (nSPS) is 24.4. The van der Waals surface area contributed by atoms with Crippen molar-refractivity contribution in [3.8, 4) is 11.4 Å². The van der Waals surface area contributed by atoms with Gasteiger partial charge in [-0.25, -0.2) is 0 Å². The van der Waals surface area contributed by atoms with Crippen LogP contribution in [0.2, 0.25) is 0 Å². The van der Waals surface area contributed by atoms with E-state index in [1.807, 2.05) is 13.2 Å². The van der Waals surface area contributed by atoms with Gasteiger partial charge in [0.25, 0.3) is 0 Å². The summed E-state index contributed by atoms with van der Waals surface area (Å²) in [5.74, 6) is 1.39. The van der Waals surface area contributed by atoms with Gasteiger partial charge in [0.1, 0.15) is 0 Å². The summed E-state index contributed by atoms with van der Waals surface area (Å²) in [5, 5.41) is 17.2. The average molecular weight is 220 g/mol. The van der Waals surface area contributed by atoms with Crippen molar-refractivity contribution >= 4 is 0 Å². The fraction of sp³-hybridized carbons (Fsp3) is 0.500. The van der Waals surface area contributed by atoms with Crippen LogP contribution in [-0.2, 0) is 7.05 Å². The standard InChI is InChI=1S/C10H12N4O2/c1-14-5-7(4-11-14)9-12-10(16-13-9)6-2-8(15)3-6/h4-6,8,15H,2-3H2,1H3. The molecule has 2 heterocycles. The summed E-state index contributed by atoms with van der Waals surface area (Å²) in [4.78, 5) is 4.31. The molecule has 16 heavy (non-hydrogen) atoms. The van der Waals surface area contributed by atoms with Crippen molar-refractivity contribution in [2.24, 2.45) is 7.05 Å². The summed E-state index contributed by atoms with van der Waals surface area (Å²) < 4.78 is 6.86. The summed E-state index contributed by atoms with van der Waals surface area (Å²) in [7, 11) is 1.84. The third kappa shape index (κ3) is 1.51. The first-order valence-corrected chi connectivity index (χ1v) is 5.23. The van der Waals surface area contributed by atoms with Crippen LogP contribution in [0.1, 0.15) is 24.7 Å². The Labute approximate surface area is 91.9 Å². The molecule has 1 aliphatic carbocycles. The van der Waals surface area contributed by atoms with Crippen molar-refractivity contribution in [2.45, 2.75) is 24.9 Å². The van der Waals surface area contributed by atoms with Crippen LogP contribution in [0.3, 0.4) is 0 Å². The van der Waals surface area contributed by atoms with Crippen LogP contribution >= 0.6 is 0 Å². The minimum absolute atomic E-state index is 0.209. The van der Waals surface area contributed by atoms with Crippen LogP contribution in [0.5, 0.6) is 0 Å². The Hall–Kier alpha value is -1.69. The molecule has 1 aliphatic rings. The lowest BCUT2D eigenvalue weighted by atomic mass is 9.82.